The average Bonchev–Trinajstić information content (AvgIpc) is 2.20. The van der Waals surface area contributed by atoms with Gasteiger partial charge < -0.3 is 10.0 Å². The third-order valence-corrected chi connectivity index (χ3v) is 3.45. The molecule has 0 saturated carbocycles. The predicted octanol–water partition coefficient (Wildman–Crippen LogP) is 2.30. The second kappa shape index (κ2) is 5.10. The number of aryl methyl sites for hydroxylation is 1. The molecule has 0 atom stereocenters. The largest absolute Gasteiger partial charge is 0.481 e. The molecule has 1 aliphatic heterocycles. The summed E-state index contributed by atoms with van der Waals surface area (Å²) in [5, 5.41) is 8.65. The van der Waals surface area contributed by atoms with Crippen molar-refractivity contribution in [2.45, 2.75) is 13.3 Å². The van der Waals surface area contributed by atoms with Gasteiger partial charge in [0, 0.05) is 29.0 Å². The first kappa shape index (κ1) is 13.1. The maximum Gasteiger partial charge on any atom is 0.303 e. The van der Waals surface area contributed by atoms with Crippen molar-refractivity contribution in [3.05, 3.63) is 33.8 Å². The summed E-state index contributed by atoms with van der Waals surface area (Å²) in [6, 6.07) is 5.58. The van der Waals surface area contributed by atoms with Crippen molar-refractivity contribution in [2.24, 2.45) is 5.92 Å². The van der Waals surface area contributed by atoms with E-state index in [1.165, 1.54) is 0 Å². The highest BCUT2D eigenvalue weighted by Crippen LogP contribution is 2.23. The molecule has 1 aromatic rings. The number of amides is 1. The number of carboxylic acid groups (broad SMARTS) is 1. The lowest BCUT2D eigenvalue weighted by Crippen LogP contribution is -2.50. The smallest absolute Gasteiger partial charge is 0.303 e. The lowest BCUT2D eigenvalue weighted by Gasteiger charge is -2.38. The van der Waals surface area contributed by atoms with Crippen molar-refractivity contribution < 1.29 is 14.7 Å². The zero-order valence-electron chi connectivity index (χ0n) is 10.0. The van der Waals surface area contributed by atoms with Gasteiger partial charge in [0.1, 0.15) is 0 Å². The number of benzene rings is 1. The molecule has 0 bridgehead atoms. The second-order valence-corrected chi connectivity index (χ2v) is 5.61. The van der Waals surface area contributed by atoms with Gasteiger partial charge in [-0.05, 0) is 30.7 Å². The molecule has 1 fully saturated rings. The molecular weight excluding hydrogens is 298 g/mol. The van der Waals surface area contributed by atoms with Gasteiger partial charge in [0.05, 0.1) is 6.42 Å². The van der Waals surface area contributed by atoms with Crippen LogP contribution in [-0.4, -0.2) is 35.0 Å². The van der Waals surface area contributed by atoms with E-state index in [4.69, 9.17) is 5.11 Å². The summed E-state index contributed by atoms with van der Waals surface area (Å²) in [6.07, 6.45) is 0.140. The summed E-state index contributed by atoms with van der Waals surface area (Å²) in [5.41, 5.74) is 1.67. The number of aliphatic carboxylic acids is 1. The van der Waals surface area contributed by atoms with Crippen molar-refractivity contribution in [3.8, 4) is 0 Å². The van der Waals surface area contributed by atoms with Gasteiger partial charge in [-0.2, -0.15) is 0 Å². The maximum atomic E-state index is 12.1. The molecule has 0 aromatic heterocycles. The molecule has 5 heteroatoms. The van der Waals surface area contributed by atoms with Crippen molar-refractivity contribution in [2.75, 3.05) is 13.1 Å². The number of likely N-dealkylation sites (tertiary alicyclic amines) is 1. The first-order valence-electron chi connectivity index (χ1n) is 5.74. The van der Waals surface area contributed by atoms with Gasteiger partial charge in [-0.1, -0.05) is 15.9 Å². The number of carbonyl (C=O) groups excluding carboxylic acids is 1. The number of hydrogen-bond donors (Lipinski definition) is 1. The Morgan fingerprint density at radius 3 is 2.61 bits per heavy atom. The highest BCUT2D eigenvalue weighted by Gasteiger charge is 2.32. The first-order chi connectivity index (χ1) is 8.45. The van der Waals surface area contributed by atoms with Crippen LogP contribution in [0.1, 0.15) is 22.3 Å². The molecule has 4 nitrogen and oxygen atoms in total. The summed E-state index contributed by atoms with van der Waals surface area (Å²) in [5.74, 6) is -0.730. The molecule has 1 amide bonds. The second-order valence-electron chi connectivity index (χ2n) is 4.69. The minimum atomic E-state index is -0.801. The molecule has 0 spiro atoms. The SMILES string of the molecule is Cc1cc(Br)cc(C(=O)N2CC(CC(=O)O)C2)c1. The van der Waals surface area contributed by atoms with Crippen LogP contribution >= 0.6 is 15.9 Å². The molecule has 2 rings (SSSR count). The Morgan fingerprint density at radius 2 is 2.06 bits per heavy atom. The molecule has 96 valence electrons. The normalized spacial score (nSPS) is 15.3. The van der Waals surface area contributed by atoms with Crippen LogP contribution in [0, 0.1) is 12.8 Å². The lowest BCUT2D eigenvalue weighted by atomic mass is 9.95. The van der Waals surface area contributed by atoms with E-state index >= 15 is 0 Å². The van der Waals surface area contributed by atoms with E-state index in [-0.39, 0.29) is 18.2 Å². The van der Waals surface area contributed by atoms with Gasteiger partial charge >= 0.3 is 5.97 Å². The van der Waals surface area contributed by atoms with Gasteiger partial charge in [0.25, 0.3) is 5.91 Å². The standard InChI is InChI=1S/C13H14BrNO3/c1-8-2-10(5-11(14)3-8)13(18)15-6-9(7-15)4-12(16)17/h2-3,5,9H,4,6-7H2,1H3,(H,16,17). The fourth-order valence-corrected chi connectivity index (χ4v) is 2.76. The third kappa shape index (κ3) is 2.90. The average molecular weight is 312 g/mol. The van der Waals surface area contributed by atoms with Crippen LogP contribution in [0.15, 0.2) is 22.7 Å². The van der Waals surface area contributed by atoms with Crippen LogP contribution in [0.4, 0.5) is 0 Å². The van der Waals surface area contributed by atoms with Crippen molar-refractivity contribution >= 4 is 27.8 Å². The highest BCUT2D eigenvalue weighted by atomic mass is 79.9. The van der Waals surface area contributed by atoms with E-state index in [1.807, 2.05) is 19.1 Å². The number of halogens is 1. The van der Waals surface area contributed by atoms with E-state index in [2.05, 4.69) is 15.9 Å². The van der Waals surface area contributed by atoms with Gasteiger partial charge in [-0.15, -0.1) is 0 Å². The Balaban J connectivity index is 1.99. The van der Waals surface area contributed by atoms with Crippen LogP contribution in [0.5, 0.6) is 0 Å². The van der Waals surface area contributed by atoms with Crippen LogP contribution in [-0.2, 0) is 4.79 Å². The first-order valence-corrected chi connectivity index (χ1v) is 6.53. The maximum absolute atomic E-state index is 12.1. The summed E-state index contributed by atoms with van der Waals surface area (Å²) in [4.78, 5) is 24.3. The number of carboxylic acids is 1. The summed E-state index contributed by atoms with van der Waals surface area (Å²) < 4.78 is 0.883. The Kier molecular flexibility index (Phi) is 3.71. The number of carbonyl (C=O) groups is 2. The molecule has 0 radical (unpaired) electrons. The van der Waals surface area contributed by atoms with E-state index in [0.717, 1.165) is 10.0 Å². The summed E-state index contributed by atoms with van der Waals surface area (Å²) in [7, 11) is 0. The molecule has 0 unspecified atom stereocenters. The van der Waals surface area contributed by atoms with Crippen molar-refractivity contribution in [1.29, 1.82) is 0 Å². The minimum absolute atomic E-state index is 0.0268. The molecule has 0 aliphatic carbocycles. The minimum Gasteiger partial charge on any atom is -0.481 e. The number of nitrogens with zero attached hydrogens (tertiary/aromatic N) is 1. The van der Waals surface area contributed by atoms with Gasteiger partial charge in [0.15, 0.2) is 0 Å². The van der Waals surface area contributed by atoms with Gasteiger partial charge in [-0.3, -0.25) is 9.59 Å². The van der Waals surface area contributed by atoms with Crippen LogP contribution in [0.3, 0.4) is 0 Å². The third-order valence-electron chi connectivity index (χ3n) is 3.00. The van der Waals surface area contributed by atoms with Gasteiger partial charge in [0.2, 0.25) is 0 Å². The van der Waals surface area contributed by atoms with Crippen LogP contribution < -0.4 is 0 Å². The topological polar surface area (TPSA) is 57.6 Å². The zero-order valence-corrected chi connectivity index (χ0v) is 11.6. The highest BCUT2D eigenvalue weighted by molar-refractivity contribution is 9.10. The number of rotatable bonds is 3. The van der Waals surface area contributed by atoms with E-state index < -0.39 is 5.97 Å². The monoisotopic (exact) mass is 311 g/mol. The molecule has 18 heavy (non-hydrogen) atoms. The summed E-state index contributed by atoms with van der Waals surface area (Å²) >= 11 is 3.37. The molecule has 1 heterocycles. The molecule has 1 aliphatic rings. The van der Waals surface area contributed by atoms with Crippen LogP contribution in [0.2, 0.25) is 0 Å². The number of hydrogen-bond acceptors (Lipinski definition) is 2. The quantitative estimate of drug-likeness (QED) is 0.932. The predicted molar refractivity (Wildman–Crippen MR) is 70.5 cm³/mol. The molecule has 1 aromatic carbocycles. The Hall–Kier alpha value is -1.36. The van der Waals surface area contributed by atoms with Crippen molar-refractivity contribution in [1.82, 2.24) is 4.90 Å². The van der Waals surface area contributed by atoms with E-state index in [9.17, 15) is 9.59 Å². The van der Waals surface area contributed by atoms with Crippen molar-refractivity contribution in [3.63, 3.8) is 0 Å². The lowest BCUT2D eigenvalue weighted by molar-refractivity contribution is -0.139. The summed E-state index contributed by atoms with van der Waals surface area (Å²) in [6.45, 7) is 3.01. The van der Waals surface area contributed by atoms with E-state index in [1.54, 1.807) is 11.0 Å². The van der Waals surface area contributed by atoms with Gasteiger partial charge in [-0.25, -0.2) is 0 Å². The molecule has 1 saturated heterocycles. The van der Waals surface area contributed by atoms with Crippen LogP contribution in [0.25, 0.3) is 0 Å². The molecular formula is C13H14BrNO3. The Bertz CT molecular complexity index is 475. The molecule has 1 N–H and O–H groups in total. The Morgan fingerprint density at radius 1 is 1.39 bits per heavy atom. The fraction of sp³-hybridized carbons (Fsp3) is 0.385. The van der Waals surface area contributed by atoms with E-state index in [0.29, 0.717) is 18.7 Å². The fourth-order valence-electron chi connectivity index (χ4n) is 2.15. The Labute approximate surface area is 114 Å². The zero-order chi connectivity index (χ0) is 13.3.